The average Bonchev–Trinajstić information content (AvgIpc) is 2.38. The number of nitrogens with one attached hydrogen (secondary N) is 1. The lowest BCUT2D eigenvalue weighted by Crippen LogP contribution is -2.26. The molecular formula is C14H22N2O2. The van der Waals surface area contributed by atoms with Crippen LogP contribution < -0.4 is 10.1 Å². The summed E-state index contributed by atoms with van der Waals surface area (Å²) in [5.41, 5.74) is 1.02. The van der Waals surface area contributed by atoms with E-state index in [9.17, 15) is 0 Å². The lowest BCUT2D eigenvalue weighted by Gasteiger charge is -2.23. The fraction of sp³-hybridized carbons (Fsp3) is 0.643. The van der Waals surface area contributed by atoms with Gasteiger partial charge in [-0.05, 0) is 6.07 Å². The first-order valence-corrected chi connectivity index (χ1v) is 6.67. The highest BCUT2D eigenvalue weighted by Crippen LogP contribution is 2.18. The maximum atomic E-state index is 5.95. The second-order valence-corrected chi connectivity index (χ2v) is 4.95. The van der Waals surface area contributed by atoms with E-state index in [0.717, 1.165) is 44.0 Å². The minimum atomic E-state index is 0.284. The zero-order valence-corrected chi connectivity index (χ0v) is 11.2. The Morgan fingerprint density at radius 1 is 1.44 bits per heavy atom. The van der Waals surface area contributed by atoms with Crippen LogP contribution in [0.25, 0.3) is 0 Å². The van der Waals surface area contributed by atoms with Gasteiger partial charge in [0, 0.05) is 37.7 Å². The summed E-state index contributed by atoms with van der Waals surface area (Å²) < 4.78 is 11.3. The van der Waals surface area contributed by atoms with Crippen molar-refractivity contribution in [3.8, 4) is 5.75 Å². The molecule has 100 valence electrons. The molecule has 0 aliphatic carbocycles. The molecule has 1 fully saturated rings. The second-order valence-electron chi connectivity index (χ2n) is 4.95. The van der Waals surface area contributed by atoms with Crippen LogP contribution in [0.2, 0.25) is 0 Å². The third kappa shape index (κ3) is 4.27. The molecule has 0 atom stereocenters. The number of hydrogen-bond donors (Lipinski definition) is 1. The Hall–Kier alpha value is -1.13. The molecule has 2 rings (SSSR count). The number of pyridine rings is 1. The van der Waals surface area contributed by atoms with Crippen molar-refractivity contribution < 1.29 is 9.47 Å². The fourth-order valence-electron chi connectivity index (χ4n) is 1.92. The number of hydrogen-bond acceptors (Lipinski definition) is 4. The van der Waals surface area contributed by atoms with Gasteiger partial charge in [-0.15, -0.1) is 0 Å². The molecule has 0 saturated carbocycles. The van der Waals surface area contributed by atoms with E-state index in [-0.39, 0.29) is 6.10 Å². The molecule has 0 aromatic carbocycles. The van der Waals surface area contributed by atoms with E-state index < -0.39 is 0 Å². The van der Waals surface area contributed by atoms with Gasteiger partial charge in [0.25, 0.3) is 0 Å². The molecule has 0 unspecified atom stereocenters. The van der Waals surface area contributed by atoms with Crippen molar-refractivity contribution in [3.63, 3.8) is 0 Å². The molecule has 1 aliphatic rings. The van der Waals surface area contributed by atoms with Crippen molar-refractivity contribution in [1.82, 2.24) is 10.3 Å². The van der Waals surface area contributed by atoms with Gasteiger partial charge in [-0.1, -0.05) is 13.8 Å². The van der Waals surface area contributed by atoms with E-state index in [4.69, 9.17) is 9.47 Å². The van der Waals surface area contributed by atoms with Crippen LogP contribution in [0.3, 0.4) is 0 Å². The molecule has 4 heteroatoms. The van der Waals surface area contributed by atoms with Crippen LogP contribution in [0.5, 0.6) is 5.75 Å². The topological polar surface area (TPSA) is 43.4 Å². The van der Waals surface area contributed by atoms with E-state index in [1.165, 1.54) is 0 Å². The van der Waals surface area contributed by atoms with Gasteiger partial charge < -0.3 is 14.8 Å². The highest BCUT2D eigenvalue weighted by atomic mass is 16.5. The predicted octanol–water partition coefficient (Wildman–Crippen LogP) is 2.14. The summed E-state index contributed by atoms with van der Waals surface area (Å²) in [6, 6.07) is 4.41. The first kappa shape index (κ1) is 13.3. The maximum Gasteiger partial charge on any atom is 0.123 e. The van der Waals surface area contributed by atoms with Gasteiger partial charge in [-0.25, -0.2) is 0 Å². The summed E-state index contributed by atoms with van der Waals surface area (Å²) in [6.07, 6.45) is 4.04. The normalized spacial score (nSPS) is 17.1. The number of ether oxygens (including phenoxy) is 2. The van der Waals surface area contributed by atoms with Crippen LogP contribution in [-0.4, -0.2) is 30.3 Å². The van der Waals surface area contributed by atoms with Gasteiger partial charge in [0.15, 0.2) is 0 Å². The minimum absolute atomic E-state index is 0.284. The van der Waals surface area contributed by atoms with Gasteiger partial charge >= 0.3 is 0 Å². The molecule has 18 heavy (non-hydrogen) atoms. The van der Waals surface area contributed by atoms with Crippen LogP contribution >= 0.6 is 0 Å². The molecule has 0 radical (unpaired) electrons. The van der Waals surface area contributed by atoms with Gasteiger partial charge in [0.2, 0.25) is 0 Å². The summed E-state index contributed by atoms with van der Waals surface area (Å²) in [6.45, 7) is 6.64. The quantitative estimate of drug-likeness (QED) is 0.869. The number of aromatic nitrogens is 1. The van der Waals surface area contributed by atoms with Crippen molar-refractivity contribution in [1.29, 1.82) is 0 Å². The van der Waals surface area contributed by atoms with Gasteiger partial charge in [0.05, 0.1) is 18.9 Å². The first-order chi connectivity index (χ1) is 8.74. The van der Waals surface area contributed by atoms with Crippen LogP contribution in [0.1, 0.15) is 32.4 Å². The Morgan fingerprint density at radius 2 is 2.22 bits per heavy atom. The standard InChI is InChI=1S/C14H22N2O2/c1-11(2)16-10-12-9-14(3-6-15-12)18-13-4-7-17-8-5-13/h3,6,9,11,13,16H,4-5,7-8,10H2,1-2H3. The Morgan fingerprint density at radius 3 is 2.94 bits per heavy atom. The zero-order chi connectivity index (χ0) is 12.8. The summed E-state index contributed by atoms with van der Waals surface area (Å²) in [4.78, 5) is 4.34. The molecule has 0 spiro atoms. The lowest BCUT2D eigenvalue weighted by molar-refractivity contribution is 0.0255. The molecule has 1 N–H and O–H groups in total. The summed E-state index contributed by atoms with van der Waals surface area (Å²) >= 11 is 0. The molecular weight excluding hydrogens is 228 g/mol. The number of nitrogens with zero attached hydrogens (tertiary/aromatic N) is 1. The molecule has 2 heterocycles. The van der Waals surface area contributed by atoms with Crippen LogP contribution in [0.4, 0.5) is 0 Å². The van der Waals surface area contributed by atoms with Crippen LogP contribution in [-0.2, 0) is 11.3 Å². The van der Waals surface area contributed by atoms with Gasteiger partial charge in [0.1, 0.15) is 11.9 Å². The second kappa shape index (κ2) is 6.71. The van der Waals surface area contributed by atoms with Crippen molar-refractivity contribution in [2.75, 3.05) is 13.2 Å². The summed E-state index contributed by atoms with van der Waals surface area (Å²) in [5.74, 6) is 0.914. The Labute approximate surface area is 109 Å². The Bertz CT molecular complexity index is 363. The minimum Gasteiger partial charge on any atom is -0.490 e. The maximum absolute atomic E-state index is 5.95. The summed E-state index contributed by atoms with van der Waals surface area (Å²) in [7, 11) is 0. The van der Waals surface area contributed by atoms with Gasteiger partial charge in [-0.3, -0.25) is 4.98 Å². The van der Waals surface area contributed by atoms with Crippen molar-refractivity contribution in [3.05, 3.63) is 24.0 Å². The monoisotopic (exact) mass is 250 g/mol. The van der Waals surface area contributed by atoms with E-state index in [0.29, 0.717) is 6.04 Å². The molecule has 0 amide bonds. The molecule has 1 aromatic rings. The largest absolute Gasteiger partial charge is 0.490 e. The molecule has 1 saturated heterocycles. The SMILES string of the molecule is CC(C)NCc1cc(OC2CCOCC2)ccn1. The summed E-state index contributed by atoms with van der Waals surface area (Å²) in [5, 5.41) is 3.35. The predicted molar refractivity (Wildman–Crippen MR) is 70.7 cm³/mol. The van der Waals surface area contributed by atoms with E-state index in [2.05, 4.69) is 24.1 Å². The van der Waals surface area contributed by atoms with Crippen molar-refractivity contribution in [2.24, 2.45) is 0 Å². The molecule has 1 aromatic heterocycles. The fourth-order valence-corrected chi connectivity index (χ4v) is 1.92. The smallest absolute Gasteiger partial charge is 0.123 e. The first-order valence-electron chi connectivity index (χ1n) is 6.67. The zero-order valence-electron chi connectivity index (χ0n) is 11.2. The average molecular weight is 250 g/mol. The Kier molecular flexibility index (Phi) is 4.96. The molecule has 4 nitrogen and oxygen atoms in total. The third-order valence-electron chi connectivity index (χ3n) is 2.95. The van der Waals surface area contributed by atoms with Gasteiger partial charge in [-0.2, -0.15) is 0 Å². The lowest BCUT2D eigenvalue weighted by atomic mass is 10.1. The highest BCUT2D eigenvalue weighted by Gasteiger charge is 2.15. The molecule has 0 bridgehead atoms. The molecule has 1 aliphatic heterocycles. The highest BCUT2D eigenvalue weighted by molar-refractivity contribution is 5.23. The Balaban J connectivity index is 1.89. The third-order valence-corrected chi connectivity index (χ3v) is 2.95. The van der Waals surface area contributed by atoms with E-state index >= 15 is 0 Å². The van der Waals surface area contributed by atoms with E-state index in [1.54, 1.807) is 0 Å². The van der Waals surface area contributed by atoms with Crippen molar-refractivity contribution in [2.45, 2.75) is 45.4 Å². The van der Waals surface area contributed by atoms with Crippen LogP contribution in [0.15, 0.2) is 18.3 Å². The number of rotatable bonds is 5. The van der Waals surface area contributed by atoms with Crippen molar-refractivity contribution >= 4 is 0 Å². The van der Waals surface area contributed by atoms with Crippen LogP contribution in [0, 0.1) is 0 Å². The van der Waals surface area contributed by atoms with E-state index in [1.807, 2.05) is 18.3 Å².